The quantitative estimate of drug-likeness (QED) is 0.288. The van der Waals surface area contributed by atoms with E-state index < -0.39 is 67.3 Å². The van der Waals surface area contributed by atoms with Crippen LogP contribution in [-0.2, 0) is 29.5 Å². The van der Waals surface area contributed by atoms with Crippen molar-refractivity contribution in [2.45, 2.75) is 96.3 Å². The Labute approximate surface area is 280 Å². The molecule has 2 saturated heterocycles. The second-order valence-electron chi connectivity index (χ2n) is 14.7. The summed E-state index contributed by atoms with van der Waals surface area (Å²) < 4.78 is 72.4. The maximum absolute atomic E-state index is 13.2. The summed E-state index contributed by atoms with van der Waals surface area (Å²) in [6, 6.07) is 21.2. The maximum Gasteiger partial charge on any atom is 0.433 e. The van der Waals surface area contributed by atoms with E-state index in [4.69, 9.17) is 23.4 Å². The lowest BCUT2D eigenvalue weighted by molar-refractivity contribution is -0.252. The molecule has 48 heavy (non-hydrogen) atoms. The molecule has 2 aromatic carbocycles. The molecule has 4 atom stereocenters. The number of carbonyl (C=O) groups is 1. The highest BCUT2D eigenvalue weighted by Gasteiger charge is 2.69. The number of fused-ring (bicyclic) bond motifs is 1. The van der Waals surface area contributed by atoms with Gasteiger partial charge >= 0.3 is 12.3 Å². The normalized spacial score (nSPS) is 24.5. The number of amides is 1. The van der Waals surface area contributed by atoms with E-state index in [1.807, 2.05) is 57.2 Å². The summed E-state index contributed by atoms with van der Waals surface area (Å²) in [6.45, 7) is 16.2. The van der Waals surface area contributed by atoms with Crippen molar-refractivity contribution < 1.29 is 41.3 Å². The van der Waals surface area contributed by atoms with Gasteiger partial charge in [-0.25, -0.2) is 14.8 Å². The number of alkyl halides is 3. The van der Waals surface area contributed by atoms with E-state index in [0.29, 0.717) is 6.07 Å². The molecule has 3 heterocycles. The minimum absolute atomic E-state index is 0.0758. The molecule has 0 radical (unpaired) electrons. The van der Waals surface area contributed by atoms with Crippen molar-refractivity contribution in [2.75, 3.05) is 18.5 Å². The first-order valence-corrected chi connectivity index (χ1v) is 17.8. The van der Waals surface area contributed by atoms with Crippen LogP contribution in [0.3, 0.4) is 0 Å². The van der Waals surface area contributed by atoms with E-state index in [0.717, 1.165) is 16.6 Å². The average molecular weight is 688 g/mol. The molecule has 0 bridgehead atoms. The summed E-state index contributed by atoms with van der Waals surface area (Å²) in [5.41, 5.74) is -3.00. The maximum atomic E-state index is 13.2. The number of nitrogens with zero attached hydrogens (tertiary/aromatic N) is 2. The molecule has 2 aliphatic rings. The highest BCUT2D eigenvalue weighted by atomic mass is 28.4. The molecule has 1 N–H and O–H groups in total. The van der Waals surface area contributed by atoms with Gasteiger partial charge in [0.25, 0.3) is 8.32 Å². The fourth-order valence-electron chi connectivity index (χ4n) is 7.03. The van der Waals surface area contributed by atoms with Gasteiger partial charge in [-0.1, -0.05) is 102 Å². The second kappa shape index (κ2) is 12.8. The van der Waals surface area contributed by atoms with Gasteiger partial charge in [-0.05, 0) is 40.7 Å². The highest BCUT2D eigenvalue weighted by molar-refractivity contribution is 6.99. The number of nitrogens with one attached hydrogen (secondary N) is 1. The third-order valence-corrected chi connectivity index (χ3v) is 14.0. The van der Waals surface area contributed by atoms with E-state index >= 15 is 0 Å². The molecule has 0 aliphatic carbocycles. The SMILES string of the molecule is CC1(C)O[C@@H]2[C@@H](OC(=O)Nc3nccc(C(F)(F)F)n3)CO[C@H](CO[Si](c3ccccc3)(c3ccccc3)C(C)(C)C)[C@@]2(C(C)(C)C)O1. The van der Waals surface area contributed by atoms with E-state index in [-0.39, 0.29) is 18.3 Å². The molecule has 3 aromatic rings. The van der Waals surface area contributed by atoms with Crippen molar-refractivity contribution in [3.05, 3.63) is 78.6 Å². The number of ether oxygens (including phenoxy) is 4. The standard InChI is InChI=1S/C35H44F3N3O6Si/c1-31(2,3)34-27(22-44-48(32(4,5)6,23-15-11-9-12-16-23)24-17-13-10-14-18-24)43-21-25(28(34)46-33(7,8)47-34)45-30(42)41-29-39-20-19-26(40-29)35(36,37)38/h9-20,25,27-28H,21-22H2,1-8H3,(H,39,40,41,42)/t25-,27+,28+,34+/m0/s1. The molecule has 2 aliphatic heterocycles. The molecule has 5 rings (SSSR count). The number of aromatic nitrogens is 2. The van der Waals surface area contributed by atoms with Crippen LogP contribution in [0.15, 0.2) is 72.9 Å². The first-order valence-electron chi connectivity index (χ1n) is 15.9. The summed E-state index contributed by atoms with van der Waals surface area (Å²) in [7, 11) is -2.98. The van der Waals surface area contributed by atoms with Gasteiger partial charge in [0.15, 0.2) is 11.9 Å². The van der Waals surface area contributed by atoms with Crippen LogP contribution in [0.5, 0.6) is 0 Å². The monoisotopic (exact) mass is 687 g/mol. The zero-order valence-corrected chi connectivity index (χ0v) is 29.6. The summed E-state index contributed by atoms with van der Waals surface area (Å²) in [5.74, 6) is -1.64. The fraction of sp³-hybridized carbons (Fsp3) is 0.514. The number of hydrogen-bond donors (Lipinski definition) is 1. The first-order chi connectivity index (χ1) is 22.3. The van der Waals surface area contributed by atoms with E-state index in [2.05, 4.69) is 60.3 Å². The van der Waals surface area contributed by atoms with Gasteiger partial charge in [0.2, 0.25) is 5.95 Å². The van der Waals surface area contributed by atoms with Crippen LogP contribution in [-0.4, -0.2) is 67.3 Å². The number of rotatable bonds is 7. The van der Waals surface area contributed by atoms with Crippen molar-refractivity contribution in [3.63, 3.8) is 0 Å². The van der Waals surface area contributed by atoms with Crippen LogP contribution in [0.4, 0.5) is 23.9 Å². The van der Waals surface area contributed by atoms with Gasteiger partial charge in [-0.2, -0.15) is 13.2 Å². The predicted molar refractivity (Wildman–Crippen MR) is 176 cm³/mol. The van der Waals surface area contributed by atoms with Crippen LogP contribution >= 0.6 is 0 Å². The molecule has 0 saturated carbocycles. The molecule has 0 unspecified atom stereocenters. The molecule has 1 aromatic heterocycles. The van der Waals surface area contributed by atoms with E-state index in [9.17, 15) is 18.0 Å². The summed E-state index contributed by atoms with van der Waals surface area (Å²) in [4.78, 5) is 20.2. The predicted octanol–water partition coefficient (Wildman–Crippen LogP) is 6.32. The van der Waals surface area contributed by atoms with Crippen molar-refractivity contribution in [3.8, 4) is 0 Å². The van der Waals surface area contributed by atoms with Crippen molar-refractivity contribution in [1.29, 1.82) is 0 Å². The van der Waals surface area contributed by atoms with Gasteiger partial charge in [0.1, 0.15) is 23.5 Å². The van der Waals surface area contributed by atoms with Crippen LogP contribution in [0.25, 0.3) is 0 Å². The molecule has 260 valence electrons. The smallest absolute Gasteiger partial charge is 0.433 e. The van der Waals surface area contributed by atoms with Crippen LogP contribution in [0, 0.1) is 5.41 Å². The average Bonchev–Trinajstić information content (AvgIpc) is 3.31. The summed E-state index contributed by atoms with van der Waals surface area (Å²) >= 11 is 0. The minimum atomic E-state index is -4.71. The number of halogens is 3. The number of anilines is 1. The Bertz CT molecular complexity index is 1540. The fourth-order valence-corrected chi connectivity index (χ4v) is 11.6. The Morgan fingerprint density at radius 1 is 0.958 bits per heavy atom. The van der Waals surface area contributed by atoms with Crippen LogP contribution in [0.2, 0.25) is 5.04 Å². The molecular formula is C35H44F3N3O6Si. The van der Waals surface area contributed by atoms with Crippen molar-refractivity contribution >= 4 is 30.7 Å². The topological polar surface area (TPSA) is 101 Å². The lowest BCUT2D eigenvalue weighted by Crippen LogP contribution is -2.71. The minimum Gasteiger partial charge on any atom is -0.441 e. The summed E-state index contributed by atoms with van der Waals surface area (Å²) in [6.07, 6.45) is -7.31. The van der Waals surface area contributed by atoms with Gasteiger partial charge in [-0.15, -0.1) is 0 Å². The van der Waals surface area contributed by atoms with E-state index in [1.165, 1.54) is 0 Å². The first kappa shape index (κ1) is 35.9. The Morgan fingerprint density at radius 3 is 2.06 bits per heavy atom. The zero-order valence-electron chi connectivity index (χ0n) is 28.6. The lowest BCUT2D eigenvalue weighted by Gasteiger charge is -2.53. The Morgan fingerprint density at radius 2 is 1.54 bits per heavy atom. The molecule has 1 amide bonds. The zero-order chi connectivity index (χ0) is 35.2. The van der Waals surface area contributed by atoms with Crippen molar-refractivity contribution in [1.82, 2.24) is 9.97 Å². The van der Waals surface area contributed by atoms with Crippen LogP contribution in [0.1, 0.15) is 61.1 Å². The third-order valence-electron chi connectivity index (χ3n) is 8.98. The highest BCUT2D eigenvalue weighted by Crippen LogP contribution is 2.54. The van der Waals surface area contributed by atoms with Gasteiger partial charge < -0.3 is 23.4 Å². The number of carbonyl (C=O) groups excluding carboxylic acids is 1. The molecule has 13 heteroatoms. The Kier molecular flexibility index (Phi) is 9.60. The Hall–Kier alpha value is -3.36. The molecular weight excluding hydrogens is 643 g/mol. The molecule has 0 spiro atoms. The van der Waals surface area contributed by atoms with Crippen LogP contribution < -0.4 is 15.7 Å². The van der Waals surface area contributed by atoms with E-state index in [1.54, 1.807) is 13.8 Å². The molecule has 2 fully saturated rings. The van der Waals surface area contributed by atoms with Gasteiger partial charge in [-0.3, -0.25) is 5.32 Å². The largest absolute Gasteiger partial charge is 0.441 e. The third kappa shape index (κ3) is 6.75. The number of benzene rings is 2. The number of hydrogen-bond acceptors (Lipinski definition) is 8. The molecule has 9 nitrogen and oxygen atoms in total. The second-order valence-corrected chi connectivity index (χ2v) is 19.0. The van der Waals surface area contributed by atoms with Gasteiger partial charge in [0.05, 0.1) is 13.2 Å². The summed E-state index contributed by atoms with van der Waals surface area (Å²) in [5, 5.41) is 4.14. The van der Waals surface area contributed by atoms with Crippen molar-refractivity contribution in [2.24, 2.45) is 5.41 Å². The Balaban J connectivity index is 1.47. The van der Waals surface area contributed by atoms with Gasteiger partial charge in [0, 0.05) is 6.20 Å². The lowest BCUT2D eigenvalue weighted by atomic mass is 9.67.